The lowest BCUT2D eigenvalue weighted by atomic mass is 9.85. The van der Waals surface area contributed by atoms with E-state index in [4.69, 9.17) is 10.8 Å². The summed E-state index contributed by atoms with van der Waals surface area (Å²) in [5.74, 6) is -2.54. The maximum atomic E-state index is 11.1. The van der Waals surface area contributed by atoms with Crippen LogP contribution in [0.1, 0.15) is 39.5 Å². The number of carbonyl (C=O) groups is 2. The van der Waals surface area contributed by atoms with Crippen molar-refractivity contribution in [3.63, 3.8) is 0 Å². The minimum absolute atomic E-state index is 0.493. The molecule has 4 heteroatoms. The first-order valence-corrected chi connectivity index (χ1v) is 5.06. The van der Waals surface area contributed by atoms with Gasteiger partial charge in [-0.1, -0.05) is 26.7 Å². The molecule has 4 nitrogen and oxygen atoms in total. The van der Waals surface area contributed by atoms with E-state index in [1.165, 1.54) is 0 Å². The molecule has 0 saturated heterocycles. The fraction of sp³-hybridized carbons (Fsp3) is 0.800. The van der Waals surface area contributed by atoms with Gasteiger partial charge in [-0.2, -0.15) is 0 Å². The molecule has 0 bridgehead atoms. The Morgan fingerprint density at radius 2 is 1.57 bits per heavy atom. The number of hydrogen-bond acceptors (Lipinski definition) is 2. The Morgan fingerprint density at radius 1 is 1.14 bits per heavy atom. The highest BCUT2D eigenvalue weighted by Gasteiger charge is 2.30. The molecule has 0 radical (unpaired) electrons. The standard InChI is InChI=1S/C10H19NO3/c1-3-5-7(9(11)12)8(6-4-2)10(13)14/h7-8H,3-6H2,1-2H3,(H2,11,12)(H,13,14)/t7-,8-/m1/s1. The first-order chi connectivity index (χ1) is 6.54. The van der Waals surface area contributed by atoms with Crippen LogP contribution in [0.25, 0.3) is 0 Å². The second-order valence-electron chi connectivity index (χ2n) is 3.53. The normalized spacial score (nSPS) is 14.7. The minimum atomic E-state index is -0.913. The molecule has 0 aromatic carbocycles. The fourth-order valence-corrected chi connectivity index (χ4v) is 1.66. The maximum absolute atomic E-state index is 11.1. The molecule has 82 valence electrons. The lowest BCUT2D eigenvalue weighted by Gasteiger charge is -2.19. The number of carboxylic acid groups (broad SMARTS) is 1. The molecule has 0 aromatic rings. The fourth-order valence-electron chi connectivity index (χ4n) is 1.66. The SMILES string of the molecule is CCC[C@@H](C(N)=O)[C@@H](CCC)C(=O)O. The summed E-state index contributed by atoms with van der Waals surface area (Å²) in [5, 5.41) is 8.94. The molecule has 14 heavy (non-hydrogen) atoms. The second-order valence-corrected chi connectivity index (χ2v) is 3.53. The Hall–Kier alpha value is -1.06. The highest BCUT2D eigenvalue weighted by molar-refractivity contribution is 5.83. The Bertz CT molecular complexity index is 182. The van der Waals surface area contributed by atoms with E-state index >= 15 is 0 Å². The Morgan fingerprint density at radius 3 is 1.86 bits per heavy atom. The van der Waals surface area contributed by atoms with Gasteiger partial charge in [-0.15, -0.1) is 0 Å². The van der Waals surface area contributed by atoms with Gasteiger partial charge < -0.3 is 10.8 Å². The van der Waals surface area contributed by atoms with Gasteiger partial charge in [-0.3, -0.25) is 9.59 Å². The van der Waals surface area contributed by atoms with Gasteiger partial charge in [0.1, 0.15) is 0 Å². The van der Waals surface area contributed by atoms with Crippen molar-refractivity contribution in [3.05, 3.63) is 0 Å². The van der Waals surface area contributed by atoms with Crippen LogP contribution in [0.15, 0.2) is 0 Å². The van der Waals surface area contributed by atoms with Crippen LogP contribution in [-0.4, -0.2) is 17.0 Å². The third-order valence-corrected chi connectivity index (χ3v) is 2.37. The average Bonchev–Trinajstić information content (AvgIpc) is 2.10. The number of aliphatic carboxylic acids is 1. The van der Waals surface area contributed by atoms with Crippen molar-refractivity contribution >= 4 is 11.9 Å². The first-order valence-electron chi connectivity index (χ1n) is 5.06. The van der Waals surface area contributed by atoms with Crippen molar-refractivity contribution in [2.45, 2.75) is 39.5 Å². The van der Waals surface area contributed by atoms with Crippen LogP contribution in [0.3, 0.4) is 0 Å². The Labute approximate surface area is 84.5 Å². The molecular weight excluding hydrogens is 182 g/mol. The molecule has 0 saturated carbocycles. The summed E-state index contributed by atoms with van der Waals surface area (Å²) >= 11 is 0. The molecular formula is C10H19NO3. The van der Waals surface area contributed by atoms with E-state index in [0.717, 1.165) is 12.8 Å². The van der Waals surface area contributed by atoms with E-state index in [2.05, 4.69) is 0 Å². The van der Waals surface area contributed by atoms with Gasteiger partial charge in [0.05, 0.1) is 11.8 Å². The van der Waals surface area contributed by atoms with Crippen LogP contribution in [0.4, 0.5) is 0 Å². The lowest BCUT2D eigenvalue weighted by Crippen LogP contribution is -2.34. The van der Waals surface area contributed by atoms with Crippen LogP contribution in [0, 0.1) is 11.8 Å². The number of rotatable bonds is 7. The quantitative estimate of drug-likeness (QED) is 0.653. The van der Waals surface area contributed by atoms with Gasteiger partial charge in [-0.25, -0.2) is 0 Å². The van der Waals surface area contributed by atoms with Crippen molar-refractivity contribution in [2.24, 2.45) is 17.6 Å². The topological polar surface area (TPSA) is 80.4 Å². The first kappa shape index (κ1) is 12.9. The maximum Gasteiger partial charge on any atom is 0.307 e. The predicted molar refractivity (Wildman–Crippen MR) is 53.6 cm³/mol. The molecule has 0 heterocycles. The van der Waals surface area contributed by atoms with E-state index in [-0.39, 0.29) is 0 Å². The van der Waals surface area contributed by atoms with Crippen molar-refractivity contribution < 1.29 is 14.7 Å². The van der Waals surface area contributed by atoms with Crippen molar-refractivity contribution in [1.82, 2.24) is 0 Å². The van der Waals surface area contributed by atoms with Crippen LogP contribution < -0.4 is 5.73 Å². The molecule has 1 amide bonds. The van der Waals surface area contributed by atoms with E-state index in [1.807, 2.05) is 13.8 Å². The molecule has 0 aliphatic heterocycles. The summed E-state index contributed by atoms with van der Waals surface area (Å²) in [6.45, 7) is 3.82. The van der Waals surface area contributed by atoms with Crippen molar-refractivity contribution in [2.75, 3.05) is 0 Å². The molecule has 3 N–H and O–H groups in total. The van der Waals surface area contributed by atoms with Crippen LogP contribution in [0.5, 0.6) is 0 Å². The molecule has 0 unspecified atom stereocenters. The van der Waals surface area contributed by atoms with Gasteiger partial charge in [0.2, 0.25) is 5.91 Å². The number of carbonyl (C=O) groups excluding carboxylic acids is 1. The van der Waals surface area contributed by atoms with E-state index in [1.54, 1.807) is 0 Å². The number of primary amides is 1. The van der Waals surface area contributed by atoms with Crippen LogP contribution >= 0.6 is 0 Å². The number of carboxylic acids is 1. The van der Waals surface area contributed by atoms with Gasteiger partial charge in [0.15, 0.2) is 0 Å². The van der Waals surface area contributed by atoms with E-state index < -0.39 is 23.7 Å². The Kier molecular flexibility index (Phi) is 5.92. The van der Waals surface area contributed by atoms with Crippen molar-refractivity contribution in [1.29, 1.82) is 0 Å². The average molecular weight is 201 g/mol. The second kappa shape index (κ2) is 6.40. The van der Waals surface area contributed by atoms with Crippen LogP contribution in [-0.2, 0) is 9.59 Å². The van der Waals surface area contributed by atoms with Gasteiger partial charge in [0, 0.05) is 0 Å². The molecule has 0 aromatic heterocycles. The number of amides is 1. The molecule has 0 rings (SSSR count). The summed E-state index contributed by atoms with van der Waals surface area (Å²) in [6.07, 6.45) is 2.61. The van der Waals surface area contributed by atoms with E-state index in [9.17, 15) is 9.59 Å². The van der Waals surface area contributed by atoms with E-state index in [0.29, 0.717) is 12.8 Å². The van der Waals surface area contributed by atoms with Crippen LogP contribution in [0.2, 0.25) is 0 Å². The number of hydrogen-bond donors (Lipinski definition) is 2. The lowest BCUT2D eigenvalue weighted by molar-refractivity contribution is -0.147. The Balaban J connectivity index is 4.54. The molecule has 0 aliphatic carbocycles. The summed E-state index contributed by atoms with van der Waals surface area (Å²) in [7, 11) is 0. The third kappa shape index (κ3) is 3.77. The van der Waals surface area contributed by atoms with Gasteiger partial charge in [0.25, 0.3) is 0 Å². The van der Waals surface area contributed by atoms with Gasteiger partial charge >= 0.3 is 5.97 Å². The predicted octanol–water partition coefficient (Wildman–Crippen LogP) is 1.39. The molecule has 0 fully saturated rings. The monoisotopic (exact) mass is 201 g/mol. The summed E-state index contributed by atoms with van der Waals surface area (Å²) in [5.41, 5.74) is 5.19. The molecule has 0 spiro atoms. The zero-order chi connectivity index (χ0) is 11.1. The van der Waals surface area contributed by atoms with Gasteiger partial charge in [-0.05, 0) is 12.8 Å². The number of nitrogens with two attached hydrogens (primary N) is 1. The zero-order valence-corrected chi connectivity index (χ0v) is 8.82. The highest BCUT2D eigenvalue weighted by atomic mass is 16.4. The highest BCUT2D eigenvalue weighted by Crippen LogP contribution is 2.22. The van der Waals surface area contributed by atoms with Crippen molar-refractivity contribution in [3.8, 4) is 0 Å². The zero-order valence-electron chi connectivity index (χ0n) is 8.82. The smallest absolute Gasteiger partial charge is 0.307 e. The summed E-state index contributed by atoms with van der Waals surface area (Å²) in [4.78, 5) is 22.0. The molecule has 2 atom stereocenters. The third-order valence-electron chi connectivity index (χ3n) is 2.37. The summed E-state index contributed by atoms with van der Waals surface area (Å²) in [6, 6.07) is 0. The molecule has 0 aliphatic rings. The minimum Gasteiger partial charge on any atom is -0.481 e. The summed E-state index contributed by atoms with van der Waals surface area (Å²) < 4.78 is 0. The largest absolute Gasteiger partial charge is 0.481 e.